The first kappa shape index (κ1) is 24.7. The van der Waals surface area contributed by atoms with Crippen molar-refractivity contribution in [1.82, 2.24) is 16.0 Å². The van der Waals surface area contributed by atoms with Crippen LogP contribution in [0.25, 0.3) is 0 Å². The summed E-state index contributed by atoms with van der Waals surface area (Å²) in [6, 6.07) is 9.49. The van der Waals surface area contributed by atoms with Crippen LogP contribution in [0.3, 0.4) is 0 Å². The molecule has 0 spiro atoms. The van der Waals surface area contributed by atoms with Gasteiger partial charge in [0.2, 0.25) is 11.8 Å². The summed E-state index contributed by atoms with van der Waals surface area (Å²) in [7, 11) is 0. The summed E-state index contributed by atoms with van der Waals surface area (Å²) >= 11 is 0. The minimum Gasteiger partial charge on any atom is -0.444 e. The molecule has 2 rings (SSSR count). The van der Waals surface area contributed by atoms with Gasteiger partial charge < -0.3 is 20.7 Å². The fraction of sp³-hybridized carbons (Fsp3) is 0.625. The molecule has 1 aromatic carbocycles. The Morgan fingerprint density at radius 2 is 1.58 bits per heavy atom. The minimum absolute atomic E-state index is 0.106. The summed E-state index contributed by atoms with van der Waals surface area (Å²) in [6.07, 6.45) is 5.91. The Morgan fingerprint density at radius 1 is 0.935 bits per heavy atom. The van der Waals surface area contributed by atoms with Crippen molar-refractivity contribution in [1.29, 1.82) is 0 Å². The first-order chi connectivity index (χ1) is 14.7. The van der Waals surface area contributed by atoms with E-state index in [-0.39, 0.29) is 24.8 Å². The molecule has 1 saturated carbocycles. The van der Waals surface area contributed by atoms with Gasteiger partial charge in [0.15, 0.2) is 0 Å². The van der Waals surface area contributed by atoms with Crippen molar-refractivity contribution < 1.29 is 19.1 Å². The largest absolute Gasteiger partial charge is 0.444 e. The van der Waals surface area contributed by atoms with Gasteiger partial charge in [-0.15, -0.1) is 0 Å². The van der Waals surface area contributed by atoms with Gasteiger partial charge in [0.1, 0.15) is 5.60 Å². The number of benzene rings is 1. The SMILES string of the molecule is CC(C)(C)OC(=O)NC1(CNC(=O)CCNC(=O)Cc2ccccc2)CCCCCC1. The molecule has 1 aromatic rings. The van der Waals surface area contributed by atoms with Crippen molar-refractivity contribution in [2.24, 2.45) is 0 Å². The van der Waals surface area contributed by atoms with Gasteiger partial charge in [-0.2, -0.15) is 0 Å². The second-order valence-electron chi connectivity index (χ2n) is 9.36. The molecular formula is C24H37N3O4. The lowest BCUT2D eigenvalue weighted by Crippen LogP contribution is -2.56. The van der Waals surface area contributed by atoms with Crippen LogP contribution in [0.15, 0.2) is 30.3 Å². The smallest absolute Gasteiger partial charge is 0.408 e. The Morgan fingerprint density at radius 3 is 2.19 bits per heavy atom. The van der Waals surface area contributed by atoms with Crippen molar-refractivity contribution in [3.63, 3.8) is 0 Å². The van der Waals surface area contributed by atoms with Gasteiger partial charge in [-0.25, -0.2) is 4.79 Å². The molecule has 0 bridgehead atoms. The molecule has 0 aliphatic heterocycles. The molecule has 0 unspecified atom stereocenters. The molecule has 0 aromatic heterocycles. The fourth-order valence-electron chi connectivity index (χ4n) is 3.79. The highest BCUT2D eigenvalue weighted by Crippen LogP contribution is 2.27. The molecule has 31 heavy (non-hydrogen) atoms. The zero-order valence-electron chi connectivity index (χ0n) is 19.1. The Balaban J connectivity index is 1.79. The summed E-state index contributed by atoms with van der Waals surface area (Å²) in [4.78, 5) is 36.8. The van der Waals surface area contributed by atoms with E-state index in [1.807, 2.05) is 51.1 Å². The number of carbonyl (C=O) groups excluding carboxylic acids is 3. The Hall–Kier alpha value is -2.57. The number of alkyl carbamates (subject to hydrolysis) is 1. The van der Waals surface area contributed by atoms with Crippen molar-refractivity contribution in [2.75, 3.05) is 13.1 Å². The van der Waals surface area contributed by atoms with Crippen molar-refractivity contribution in [2.45, 2.75) is 83.3 Å². The van der Waals surface area contributed by atoms with Crippen LogP contribution in [0.5, 0.6) is 0 Å². The number of nitrogens with one attached hydrogen (secondary N) is 3. The lowest BCUT2D eigenvalue weighted by atomic mass is 9.90. The van der Waals surface area contributed by atoms with Gasteiger partial charge in [-0.1, -0.05) is 56.0 Å². The molecule has 1 fully saturated rings. The van der Waals surface area contributed by atoms with E-state index in [0.29, 0.717) is 13.0 Å². The monoisotopic (exact) mass is 431 g/mol. The maximum Gasteiger partial charge on any atom is 0.408 e. The molecule has 7 nitrogen and oxygen atoms in total. The van der Waals surface area contributed by atoms with E-state index in [1.54, 1.807) is 0 Å². The molecule has 7 heteroatoms. The van der Waals surface area contributed by atoms with E-state index >= 15 is 0 Å². The van der Waals surface area contributed by atoms with Crippen LogP contribution in [0, 0.1) is 0 Å². The van der Waals surface area contributed by atoms with Crippen LogP contribution < -0.4 is 16.0 Å². The van der Waals surface area contributed by atoms with E-state index < -0.39 is 17.2 Å². The first-order valence-electron chi connectivity index (χ1n) is 11.3. The van der Waals surface area contributed by atoms with Crippen LogP contribution in [0.4, 0.5) is 4.79 Å². The third kappa shape index (κ3) is 9.85. The summed E-state index contributed by atoms with van der Waals surface area (Å²) in [5.41, 5.74) is -0.129. The molecule has 0 atom stereocenters. The minimum atomic E-state index is -0.572. The second-order valence-corrected chi connectivity index (χ2v) is 9.36. The normalized spacial score (nSPS) is 16.0. The summed E-state index contributed by atoms with van der Waals surface area (Å²) in [5, 5.41) is 8.78. The molecule has 172 valence electrons. The average Bonchev–Trinajstić information content (AvgIpc) is 2.91. The number of hydrogen-bond donors (Lipinski definition) is 3. The Bertz CT molecular complexity index is 720. The Labute approximate surface area is 185 Å². The third-order valence-corrected chi connectivity index (χ3v) is 5.33. The molecular weight excluding hydrogens is 394 g/mol. The lowest BCUT2D eigenvalue weighted by molar-refractivity contribution is -0.122. The third-order valence-electron chi connectivity index (χ3n) is 5.33. The van der Waals surface area contributed by atoms with Crippen LogP contribution in [0.1, 0.15) is 71.3 Å². The zero-order chi connectivity index (χ0) is 22.7. The quantitative estimate of drug-likeness (QED) is 0.549. The van der Waals surface area contributed by atoms with Gasteiger partial charge in [0.05, 0.1) is 12.0 Å². The van der Waals surface area contributed by atoms with Crippen molar-refractivity contribution in [3.05, 3.63) is 35.9 Å². The van der Waals surface area contributed by atoms with Crippen molar-refractivity contribution >= 4 is 17.9 Å². The average molecular weight is 432 g/mol. The number of ether oxygens (including phenoxy) is 1. The second kappa shape index (κ2) is 11.7. The van der Waals surface area contributed by atoms with Crippen LogP contribution >= 0.6 is 0 Å². The van der Waals surface area contributed by atoms with Gasteiger partial charge in [-0.3, -0.25) is 9.59 Å². The predicted octanol–water partition coefficient (Wildman–Crippen LogP) is 3.47. The van der Waals surface area contributed by atoms with E-state index in [9.17, 15) is 14.4 Å². The summed E-state index contributed by atoms with van der Waals surface area (Å²) in [6.45, 7) is 6.15. The van der Waals surface area contributed by atoms with Gasteiger partial charge in [-0.05, 0) is 39.2 Å². The van der Waals surface area contributed by atoms with Crippen LogP contribution in [0.2, 0.25) is 0 Å². The number of carbonyl (C=O) groups is 3. The Kier molecular flexibility index (Phi) is 9.34. The van der Waals surface area contributed by atoms with Gasteiger partial charge in [0.25, 0.3) is 0 Å². The summed E-state index contributed by atoms with van der Waals surface area (Å²) in [5.74, 6) is -0.250. The lowest BCUT2D eigenvalue weighted by Gasteiger charge is -2.35. The van der Waals surface area contributed by atoms with E-state index in [1.165, 1.54) is 0 Å². The molecule has 0 saturated heterocycles. The molecule has 0 heterocycles. The highest BCUT2D eigenvalue weighted by molar-refractivity contribution is 5.80. The highest BCUT2D eigenvalue weighted by Gasteiger charge is 2.34. The maximum absolute atomic E-state index is 12.4. The number of hydrogen-bond acceptors (Lipinski definition) is 4. The van der Waals surface area contributed by atoms with Crippen LogP contribution in [-0.4, -0.2) is 42.1 Å². The standard InChI is InChI=1S/C24H37N3O4/c1-23(2,3)31-22(30)27-24(14-9-4-5-10-15-24)18-26-20(28)13-16-25-21(29)17-19-11-7-6-8-12-19/h6-8,11-12H,4-5,9-10,13-18H2,1-3H3,(H,25,29)(H,26,28)(H,27,30). The van der Waals surface area contributed by atoms with Crippen molar-refractivity contribution in [3.8, 4) is 0 Å². The van der Waals surface area contributed by atoms with Gasteiger partial charge in [0, 0.05) is 19.5 Å². The van der Waals surface area contributed by atoms with E-state index in [0.717, 1.165) is 44.1 Å². The number of amides is 3. The first-order valence-corrected chi connectivity index (χ1v) is 11.3. The fourth-order valence-corrected chi connectivity index (χ4v) is 3.79. The zero-order valence-corrected chi connectivity index (χ0v) is 19.1. The predicted molar refractivity (Wildman–Crippen MR) is 121 cm³/mol. The number of rotatable bonds is 8. The topological polar surface area (TPSA) is 96.5 Å². The molecule has 3 N–H and O–H groups in total. The summed E-state index contributed by atoms with van der Waals surface area (Å²) < 4.78 is 5.44. The molecule has 1 aliphatic rings. The van der Waals surface area contributed by atoms with E-state index in [4.69, 9.17) is 4.74 Å². The van der Waals surface area contributed by atoms with Gasteiger partial charge >= 0.3 is 6.09 Å². The highest BCUT2D eigenvalue weighted by atomic mass is 16.6. The maximum atomic E-state index is 12.4. The molecule has 0 radical (unpaired) electrons. The van der Waals surface area contributed by atoms with E-state index in [2.05, 4.69) is 16.0 Å². The van der Waals surface area contributed by atoms with Crippen LogP contribution in [-0.2, 0) is 20.7 Å². The molecule has 1 aliphatic carbocycles. The molecule has 3 amide bonds.